The highest BCUT2D eigenvalue weighted by Crippen LogP contribution is 2.21. The van der Waals surface area contributed by atoms with Crippen LogP contribution in [0.15, 0.2) is 35.2 Å². The minimum Gasteiger partial charge on any atom is -0.481 e. The molecule has 140 valence electrons. The zero-order valence-electron chi connectivity index (χ0n) is 14.8. The van der Waals surface area contributed by atoms with Gasteiger partial charge in [-0.2, -0.15) is 9.97 Å². The van der Waals surface area contributed by atoms with Gasteiger partial charge in [0.25, 0.3) is 10.0 Å². The number of methoxy groups -OCH3 is 2. The van der Waals surface area contributed by atoms with E-state index < -0.39 is 10.0 Å². The summed E-state index contributed by atoms with van der Waals surface area (Å²) < 4.78 is 37.2. The van der Waals surface area contributed by atoms with Crippen molar-refractivity contribution in [2.24, 2.45) is 5.92 Å². The van der Waals surface area contributed by atoms with Crippen molar-refractivity contribution < 1.29 is 22.7 Å². The summed E-state index contributed by atoms with van der Waals surface area (Å²) in [6.45, 7) is 3.53. The minimum atomic E-state index is -3.89. The van der Waals surface area contributed by atoms with Crippen molar-refractivity contribution in [2.45, 2.75) is 18.7 Å². The number of carbonyl (C=O) groups is 1. The fourth-order valence-electron chi connectivity index (χ4n) is 1.85. The maximum absolute atomic E-state index is 12.5. The monoisotopic (exact) mass is 380 g/mol. The highest BCUT2D eigenvalue weighted by Gasteiger charge is 2.17. The van der Waals surface area contributed by atoms with E-state index in [0.717, 1.165) is 0 Å². The van der Waals surface area contributed by atoms with Crippen LogP contribution in [0.1, 0.15) is 13.8 Å². The largest absolute Gasteiger partial charge is 0.481 e. The number of benzene rings is 1. The van der Waals surface area contributed by atoms with Crippen LogP contribution in [0.2, 0.25) is 0 Å². The van der Waals surface area contributed by atoms with Crippen LogP contribution in [-0.4, -0.2) is 38.5 Å². The van der Waals surface area contributed by atoms with Gasteiger partial charge in [-0.25, -0.2) is 8.42 Å². The highest BCUT2D eigenvalue weighted by atomic mass is 32.2. The summed E-state index contributed by atoms with van der Waals surface area (Å²) in [5.74, 6) is -0.172. The van der Waals surface area contributed by atoms with Gasteiger partial charge in [0, 0.05) is 17.7 Å². The molecule has 0 atom stereocenters. The Morgan fingerprint density at radius 2 is 1.73 bits per heavy atom. The van der Waals surface area contributed by atoms with Crippen molar-refractivity contribution in [2.75, 3.05) is 24.3 Å². The van der Waals surface area contributed by atoms with E-state index in [1.807, 2.05) is 0 Å². The summed E-state index contributed by atoms with van der Waals surface area (Å²) in [5, 5.41) is 2.69. The van der Waals surface area contributed by atoms with E-state index in [4.69, 9.17) is 9.47 Å². The maximum atomic E-state index is 12.5. The first-order valence-electron chi connectivity index (χ1n) is 7.66. The van der Waals surface area contributed by atoms with E-state index in [-0.39, 0.29) is 34.4 Å². The van der Waals surface area contributed by atoms with Gasteiger partial charge < -0.3 is 14.8 Å². The molecule has 0 fully saturated rings. The van der Waals surface area contributed by atoms with Crippen LogP contribution in [0.3, 0.4) is 0 Å². The second-order valence-corrected chi connectivity index (χ2v) is 7.24. The van der Waals surface area contributed by atoms with E-state index in [0.29, 0.717) is 5.69 Å². The number of anilines is 2. The number of aromatic nitrogens is 2. The maximum Gasteiger partial charge on any atom is 0.321 e. The van der Waals surface area contributed by atoms with Crippen LogP contribution in [0.4, 0.5) is 11.5 Å². The molecule has 0 saturated carbocycles. The molecular weight excluding hydrogens is 360 g/mol. The number of ether oxygens (including phenoxy) is 2. The number of sulfonamides is 1. The number of carbonyl (C=O) groups excluding carboxylic acids is 1. The third kappa shape index (κ3) is 4.82. The number of hydrogen-bond acceptors (Lipinski definition) is 7. The lowest BCUT2D eigenvalue weighted by Gasteiger charge is -2.11. The fraction of sp³-hybridized carbons (Fsp3) is 0.312. The SMILES string of the molecule is COc1cc(NS(=O)(=O)c2ccc(NC(=O)C(C)C)cc2)nc(OC)n1. The van der Waals surface area contributed by atoms with Gasteiger partial charge in [-0.05, 0) is 24.3 Å². The molecule has 2 N–H and O–H groups in total. The molecule has 10 heteroatoms. The topological polar surface area (TPSA) is 120 Å². The number of hydrogen-bond donors (Lipinski definition) is 2. The molecule has 2 aromatic rings. The summed E-state index contributed by atoms with van der Waals surface area (Å²) in [4.78, 5) is 19.5. The van der Waals surface area contributed by atoms with Gasteiger partial charge in [0.05, 0.1) is 19.1 Å². The Hall–Kier alpha value is -2.88. The molecule has 1 aromatic heterocycles. The van der Waals surface area contributed by atoms with Crippen LogP contribution >= 0.6 is 0 Å². The lowest BCUT2D eigenvalue weighted by atomic mass is 10.2. The summed E-state index contributed by atoms with van der Waals surface area (Å²) in [5.41, 5.74) is 0.507. The first kappa shape index (κ1) is 19.4. The normalized spacial score (nSPS) is 11.1. The van der Waals surface area contributed by atoms with Crippen molar-refractivity contribution in [1.82, 2.24) is 9.97 Å². The lowest BCUT2D eigenvalue weighted by Crippen LogP contribution is -2.18. The van der Waals surface area contributed by atoms with Crippen molar-refractivity contribution in [3.05, 3.63) is 30.3 Å². The number of nitrogens with zero attached hydrogens (tertiary/aromatic N) is 2. The number of nitrogens with one attached hydrogen (secondary N) is 2. The second kappa shape index (κ2) is 8.00. The Morgan fingerprint density at radius 3 is 2.27 bits per heavy atom. The Labute approximate surface area is 151 Å². The Balaban J connectivity index is 2.21. The molecular formula is C16H20N4O5S. The average molecular weight is 380 g/mol. The zero-order chi connectivity index (χ0) is 19.3. The molecule has 0 aliphatic carbocycles. The molecule has 0 aliphatic rings. The molecule has 0 aliphatic heterocycles. The molecule has 0 saturated heterocycles. The van der Waals surface area contributed by atoms with Gasteiger partial charge in [-0.3, -0.25) is 9.52 Å². The van der Waals surface area contributed by atoms with Crippen molar-refractivity contribution in [3.63, 3.8) is 0 Å². The molecule has 1 heterocycles. The summed E-state index contributed by atoms with van der Waals surface area (Å²) in [7, 11) is -1.14. The summed E-state index contributed by atoms with van der Waals surface area (Å²) in [6.07, 6.45) is 0. The molecule has 1 amide bonds. The van der Waals surface area contributed by atoms with Crippen LogP contribution in [0.5, 0.6) is 11.9 Å². The number of amides is 1. The molecule has 0 unspecified atom stereocenters. The van der Waals surface area contributed by atoms with Gasteiger partial charge in [0.1, 0.15) is 0 Å². The first-order valence-corrected chi connectivity index (χ1v) is 9.14. The van der Waals surface area contributed by atoms with Crippen molar-refractivity contribution in [1.29, 1.82) is 0 Å². The molecule has 1 aromatic carbocycles. The van der Waals surface area contributed by atoms with Gasteiger partial charge in [0.2, 0.25) is 11.8 Å². The molecule has 2 rings (SSSR count). The van der Waals surface area contributed by atoms with E-state index in [9.17, 15) is 13.2 Å². The van der Waals surface area contributed by atoms with Gasteiger partial charge in [-0.1, -0.05) is 13.8 Å². The fourth-order valence-corrected chi connectivity index (χ4v) is 2.84. The Morgan fingerprint density at radius 1 is 1.08 bits per heavy atom. The number of rotatable bonds is 7. The standard InChI is InChI=1S/C16H20N4O5S/c1-10(2)15(21)17-11-5-7-12(8-6-11)26(22,23)20-13-9-14(24-3)19-16(18-13)25-4/h5-10H,1-4H3,(H,17,21)(H,18,19,20). The second-order valence-electron chi connectivity index (χ2n) is 5.56. The first-order chi connectivity index (χ1) is 12.2. The van der Waals surface area contributed by atoms with Crippen molar-refractivity contribution in [3.8, 4) is 11.9 Å². The van der Waals surface area contributed by atoms with E-state index in [2.05, 4.69) is 20.0 Å². The molecule has 0 spiro atoms. The summed E-state index contributed by atoms with van der Waals surface area (Å²) in [6, 6.07) is 7.08. The van der Waals surface area contributed by atoms with Crippen LogP contribution in [-0.2, 0) is 14.8 Å². The van der Waals surface area contributed by atoms with Gasteiger partial charge in [0.15, 0.2) is 5.82 Å². The zero-order valence-corrected chi connectivity index (χ0v) is 15.6. The third-order valence-corrected chi connectivity index (χ3v) is 4.64. The predicted octanol–water partition coefficient (Wildman–Crippen LogP) is 1.89. The van der Waals surface area contributed by atoms with E-state index >= 15 is 0 Å². The lowest BCUT2D eigenvalue weighted by molar-refractivity contribution is -0.118. The van der Waals surface area contributed by atoms with E-state index in [1.165, 1.54) is 44.6 Å². The Kier molecular flexibility index (Phi) is 5.98. The Bertz CT molecular complexity index is 860. The van der Waals surface area contributed by atoms with Crippen molar-refractivity contribution >= 4 is 27.4 Å². The quantitative estimate of drug-likeness (QED) is 0.752. The van der Waals surface area contributed by atoms with Crippen LogP contribution in [0, 0.1) is 5.92 Å². The molecule has 9 nitrogen and oxygen atoms in total. The predicted molar refractivity (Wildman–Crippen MR) is 95.9 cm³/mol. The van der Waals surface area contributed by atoms with Crippen LogP contribution < -0.4 is 19.5 Å². The van der Waals surface area contributed by atoms with Gasteiger partial charge in [-0.15, -0.1) is 0 Å². The van der Waals surface area contributed by atoms with Gasteiger partial charge >= 0.3 is 6.01 Å². The highest BCUT2D eigenvalue weighted by molar-refractivity contribution is 7.92. The smallest absolute Gasteiger partial charge is 0.321 e. The average Bonchev–Trinajstić information content (AvgIpc) is 2.61. The summed E-state index contributed by atoms with van der Waals surface area (Å²) >= 11 is 0. The molecule has 0 bridgehead atoms. The molecule has 26 heavy (non-hydrogen) atoms. The van der Waals surface area contributed by atoms with Crippen LogP contribution in [0.25, 0.3) is 0 Å². The van der Waals surface area contributed by atoms with E-state index in [1.54, 1.807) is 13.8 Å². The minimum absolute atomic E-state index is 0.00545. The third-order valence-electron chi connectivity index (χ3n) is 3.27. The molecule has 0 radical (unpaired) electrons.